The van der Waals surface area contributed by atoms with Gasteiger partial charge in [0.15, 0.2) is 0 Å². The summed E-state index contributed by atoms with van der Waals surface area (Å²) in [7, 11) is 0. The third-order valence-corrected chi connectivity index (χ3v) is 5.75. The number of amides is 1. The van der Waals surface area contributed by atoms with Crippen LogP contribution in [0.15, 0.2) is 55.4 Å². The van der Waals surface area contributed by atoms with Gasteiger partial charge in [-0.25, -0.2) is 0 Å². The van der Waals surface area contributed by atoms with Gasteiger partial charge in [0.05, 0.1) is 0 Å². The number of rotatable bonds is 4. The molecule has 1 atom stereocenters. The summed E-state index contributed by atoms with van der Waals surface area (Å²) < 4.78 is 0. The van der Waals surface area contributed by atoms with Crippen LogP contribution in [0, 0.1) is 0 Å². The molecular weight excluding hydrogens is 334 g/mol. The molecule has 0 saturated carbocycles. The molecule has 140 valence electrons. The highest BCUT2D eigenvalue weighted by atomic mass is 16.2. The predicted octanol–water partition coefficient (Wildman–Crippen LogP) is 4.05. The minimum atomic E-state index is 0.0919. The number of benzene rings is 1. The first-order valence-corrected chi connectivity index (χ1v) is 9.90. The highest BCUT2D eigenvalue weighted by Gasteiger charge is 2.32. The van der Waals surface area contributed by atoms with Crippen LogP contribution < -0.4 is 0 Å². The second-order valence-electron chi connectivity index (χ2n) is 7.61. The topological polar surface area (TPSA) is 36.4 Å². The monoisotopic (exact) mass is 361 g/mol. The number of carbonyl (C=O) groups excluding carboxylic acids is 1. The second-order valence-corrected chi connectivity index (χ2v) is 7.61. The Kier molecular flexibility index (Phi) is 5.35. The van der Waals surface area contributed by atoms with E-state index in [1.807, 2.05) is 24.5 Å². The maximum atomic E-state index is 13.0. The van der Waals surface area contributed by atoms with Crippen molar-refractivity contribution in [1.82, 2.24) is 14.8 Å². The molecule has 27 heavy (non-hydrogen) atoms. The molecule has 1 aromatic carbocycles. The summed E-state index contributed by atoms with van der Waals surface area (Å²) in [6.45, 7) is 7.70. The molecule has 0 bridgehead atoms. The summed E-state index contributed by atoms with van der Waals surface area (Å²) in [4.78, 5) is 21.6. The average molecular weight is 361 g/mol. The van der Waals surface area contributed by atoms with Crippen molar-refractivity contribution in [2.75, 3.05) is 19.6 Å². The van der Waals surface area contributed by atoms with E-state index in [0.717, 1.165) is 44.6 Å². The van der Waals surface area contributed by atoms with E-state index in [4.69, 9.17) is 0 Å². The minimum Gasteiger partial charge on any atom is -0.343 e. The summed E-state index contributed by atoms with van der Waals surface area (Å²) in [5.41, 5.74) is 4.78. The predicted molar refractivity (Wildman–Crippen MR) is 108 cm³/mol. The summed E-state index contributed by atoms with van der Waals surface area (Å²) >= 11 is 0. The maximum Gasteiger partial charge on any atom is 0.224 e. The number of pyridine rings is 1. The van der Waals surface area contributed by atoms with Crippen molar-refractivity contribution < 1.29 is 4.79 Å². The molecule has 2 aliphatic heterocycles. The molecule has 1 saturated heterocycles. The molecule has 0 aliphatic carbocycles. The van der Waals surface area contributed by atoms with Gasteiger partial charge in [-0.1, -0.05) is 30.8 Å². The molecule has 1 aromatic heterocycles. The van der Waals surface area contributed by atoms with Gasteiger partial charge in [-0.15, -0.1) is 0 Å². The Hall–Kier alpha value is -2.46. The van der Waals surface area contributed by atoms with Gasteiger partial charge >= 0.3 is 0 Å². The molecule has 4 rings (SSSR count). The van der Waals surface area contributed by atoms with Crippen molar-refractivity contribution in [1.29, 1.82) is 0 Å². The molecule has 1 fully saturated rings. The van der Waals surface area contributed by atoms with Crippen LogP contribution in [0.3, 0.4) is 0 Å². The number of carbonyl (C=O) groups is 1. The summed E-state index contributed by atoms with van der Waals surface area (Å²) in [6, 6.07) is 12.6. The normalized spacial score (nSPS) is 20.4. The Labute approximate surface area is 161 Å². The molecular formula is C23H27N3O. The van der Waals surface area contributed by atoms with Crippen molar-refractivity contribution >= 4 is 11.5 Å². The first kappa shape index (κ1) is 17.9. The molecule has 0 spiro atoms. The van der Waals surface area contributed by atoms with Crippen LogP contribution >= 0.6 is 0 Å². The summed E-state index contributed by atoms with van der Waals surface area (Å²) in [5, 5.41) is 0. The lowest BCUT2D eigenvalue weighted by Gasteiger charge is -2.39. The first-order valence-electron chi connectivity index (χ1n) is 9.90. The van der Waals surface area contributed by atoms with Gasteiger partial charge in [0.25, 0.3) is 0 Å². The van der Waals surface area contributed by atoms with Crippen LogP contribution in [-0.2, 0) is 11.3 Å². The van der Waals surface area contributed by atoms with Gasteiger partial charge in [0.2, 0.25) is 5.91 Å². The minimum absolute atomic E-state index is 0.0919. The number of hydrogen-bond donors (Lipinski definition) is 0. The lowest BCUT2D eigenvalue weighted by Crippen LogP contribution is -2.41. The quantitative estimate of drug-likeness (QED) is 0.824. The average Bonchev–Trinajstić information content (AvgIpc) is 2.72. The molecule has 0 radical (unpaired) electrons. The Morgan fingerprint density at radius 2 is 1.81 bits per heavy atom. The zero-order valence-electron chi connectivity index (χ0n) is 15.8. The number of likely N-dealkylation sites (tertiary alicyclic amines) is 1. The van der Waals surface area contributed by atoms with Gasteiger partial charge < -0.3 is 4.90 Å². The smallest absolute Gasteiger partial charge is 0.224 e. The Balaban J connectivity index is 1.61. The Morgan fingerprint density at radius 1 is 1.07 bits per heavy atom. The van der Waals surface area contributed by atoms with Gasteiger partial charge in [0, 0.05) is 51.0 Å². The lowest BCUT2D eigenvalue weighted by molar-refractivity contribution is -0.133. The zero-order valence-corrected chi connectivity index (χ0v) is 15.8. The van der Waals surface area contributed by atoms with E-state index in [0.29, 0.717) is 6.42 Å². The fourth-order valence-electron chi connectivity index (χ4n) is 4.31. The van der Waals surface area contributed by atoms with E-state index in [1.54, 1.807) is 0 Å². The second kappa shape index (κ2) is 8.05. The van der Waals surface area contributed by atoms with Crippen molar-refractivity contribution in [2.45, 2.75) is 38.3 Å². The molecule has 1 amide bonds. The molecule has 3 heterocycles. The number of fused-ring (bicyclic) bond motifs is 1. The molecule has 4 heteroatoms. The van der Waals surface area contributed by atoms with E-state index in [2.05, 4.69) is 45.6 Å². The first-order chi connectivity index (χ1) is 13.2. The summed E-state index contributed by atoms with van der Waals surface area (Å²) in [6.07, 6.45) is 7.69. The van der Waals surface area contributed by atoms with Gasteiger partial charge in [-0.3, -0.25) is 14.7 Å². The number of hydrogen-bond acceptors (Lipinski definition) is 3. The zero-order chi connectivity index (χ0) is 18.6. The number of aromatic nitrogens is 1. The van der Waals surface area contributed by atoms with Crippen LogP contribution in [0.25, 0.3) is 5.57 Å². The third kappa shape index (κ3) is 3.96. The van der Waals surface area contributed by atoms with Crippen molar-refractivity contribution in [3.63, 3.8) is 0 Å². The largest absolute Gasteiger partial charge is 0.343 e. The van der Waals surface area contributed by atoms with Gasteiger partial charge in [0.1, 0.15) is 0 Å². The van der Waals surface area contributed by atoms with Crippen molar-refractivity contribution in [3.8, 4) is 0 Å². The van der Waals surface area contributed by atoms with E-state index < -0.39 is 0 Å². The standard InChI is InChI=1S/C23H27N3O/c1-18-16-26(17-19-9-11-24-12-10-19)22(21-8-4-3-7-20(18)21)15-23(27)25-13-5-2-6-14-25/h3-4,7-12,22H,1-2,5-6,13-17H2. The number of piperidine rings is 1. The van der Waals surface area contributed by atoms with Crippen LogP contribution in [-0.4, -0.2) is 40.3 Å². The van der Waals surface area contributed by atoms with Gasteiger partial charge in [-0.05, 0) is 53.7 Å². The van der Waals surface area contributed by atoms with E-state index in [9.17, 15) is 4.79 Å². The molecule has 4 nitrogen and oxygen atoms in total. The molecule has 0 N–H and O–H groups in total. The highest BCUT2D eigenvalue weighted by Crippen LogP contribution is 2.38. The third-order valence-electron chi connectivity index (χ3n) is 5.75. The van der Waals surface area contributed by atoms with Crippen LogP contribution in [0.2, 0.25) is 0 Å². The van der Waals surface area contributed by atoms with Crippen LogP contribution in [0.1, 0.15) is 48.4 Å². The summed E-state index contributed by atoms with van der Waals surface area (Å²) in [5.74, 6) is 0.279. The SMILES string of the molecule is C=C1CN(Cc2ccncc2)C(CC(=O)N2CCCCC2)c2ccccc21. The molecule has 2 aliphatic rings. The van der Waals surface area contributed by atoms with E-state index in [-0.39, 0.29) is 11.9 Å². The maximum absolute atomic E-state index is 13.0. The fourth-order valence-corrected chi connectivity index (χ4v) is 4.31. The van der Waals surface area contributed by atoms with Crippen LogP contribution in [0.4, 0.5) is 0 Å². The van der Waals surface area contributed by atoms with Crippen molar-refractivity contribution in [3.05, 3.63) is 72.1 Å². The van der Waals surface area contributed by atoms with Gasteiger partial charge in [-0.2, -0.15) is 0 Å². The Morgan fingerprint density at radius 3 is 2.59 bits per heavy atom. The Bertz CT molecular complexity index is 811. The number of nitrogens with zero attached hydrogens (tertiary/aromatic N) is 3. The molecule has 2 aromatic rings. The lowest BCUT2D eigenvalue weighted by atomic mass is 9.87. The van der Waals surface area contributed by atoms with E-state index >= 15 is 0 Å². The fraction of sp³-hybridized carbons (Fsp3) is 0.391. The van der Waals surface area contributed by atoms with Crippen LogP contribution in [0.5, 0.6) is 0 Å². The highest BCUT2D eigenvalue weighted by molar-refractivity contribution is 5.78. The molecule has 1 unspecified atom stereocenters. The van der Waals surface area contributed by atoms with E-state index in [1.165, 1.54) is 23.1 Å². The van der Waals surface area contributed by atoms with Crippen molar-refractivity contribution in [2.24, 2.45) is 0 Å².